The molecule has 0 radical (unpaired) electrons. The van der Waals surface area contributed by atoms with Crippen LogP contribution in [0.15, 0.2) is 42.5 Å². The van der Waals surface area contributed by atoms with E-state index in [1.165, 1.54) is 16.7 Å². The highest BCUT2D eigenvalue weighted by Crippen LogP contribution is 2.32. The van der Waals surface area contributed by atoms with Crippen molar-refractivity contribution in [2.75, 3.05) is 10.6 Å². The van der Waals surface area contributed by atoms with Gasteiger partial charge < -0.3 is 10.6 Å². The molecule has 118 valence electrons. The molecule has 2 rings (SSSR count). The summed E-state index contributed by atoms with van der Waals surface area (Å²) in [7, 11) is 0. The normalized spacial score (nSPS) is 12.8. The molecular weight excluding hydrogens is 288 g/mol. The zero-order valence-electron chi connectivity index (χ0n) is 14.1. The molecular formula is C19H26N2S. The van der Waals surface area contributed by atoms with Crippen LogP contribution in [0.5, 0.6) is 0 Å². The molecule has 2 aromatic rings. The molecule has 0 aliphatic carbocycles. The Kier molecular flexibility index (Phi) is 5.07. The molecule has 1 unspecified atom stereocenters. The fraction of sp³-hybridized carbons (Fsp3) is 0.368. The maximum Gasteiger partial charge on any atom is 0.0665 e. The van der Waals surface area contributed by atoms with Crippen LogP contribution in [0.2, 0.25) is 0 Å². The van der Waals surface area contributed by atoms with Gasteiger partial charge in [0.2, 0.25) is 0 Å². The van der Waals surface area contributed by atoms with Crippen molar-refractivity contribution in [2.24, 2.45) is 0 Å². The minimum Gasteiger partial charge on any atom is -0.376 e. The predicted molar refractivity (Wildman–Crippen MR) is 101 cm³/mol. The van der Waals surface area contributed by atoms with Crippen molar-refractivity contribution in [3.63, 3.8) is 0 Å². The molecule has 22 heavy (non-hydrogen) atoms. The molecule has 0 heterocycles. The van der Waals surface area contributed by atoms with Crippen LogP contribution in [0.1, 0.15) is 37.5 Å². The van der Waals surface area contributed by atoms with Crippen molar-refractivity contribution >= 4 is 24.0 Å². The first-order valence-electron chi connectivity index (χ1n) is 7.69. The first-order valence-corrected chi connectivity index (χ1v) is 8.21. The number of aryl methyl sites for hydroxylation is 1. The molecule has 0 aliphatic rings. The van der Waals surface area contributed by atoms with Gasteiger partial charge in [-0.2, -0.15) is 12.6 Å². The van der Waals surface area contributed by atoms with E-state index in [2.05, 4.69) is 93.4 Å². The van der Waals surface area contributed by atoms with Crippen LogP contribution in [0.4, 0.5) is 11.4 Å². The summed E-state index contributed by atoms with van der Waals surface area (Å²) >= 11 is 4.43. The highest BCUT2D eigenvalue weighted by Gasteiger charge is 2.23. The van der Waals surface area contributed by atoms with Gasteiger partial charge in [-0.15, -0.1) is 0 Å². The second-order valence-electron chi connectivity index (χ2n) is 6.42. The molecule has 0 aliphatic heterocycles. The smallest absolute Gasteiger partial charge is 0.0665 e. The van der Waals surface area contributed by atoms with Crippen molar-refractivity contribution in [2.45, 2.75) is 45.5 Å². The number of rotatable bonds is 5. The van der Waals surface area contributed by atoms with E-state index in [9.17, 15) is 0 Å². The molecule has 2 aromatic carbocycles. The molecule has 0 aromatic heterocycles. The monoisotopic (exact) mass is 314 g/mol. The maximum atomic E-state index is 4.43. The quantitative estimate of drug-likeness (QED) is 0.513. The number of thiol groups is 1. The Hall–Kier alpha value is -1.61. The van der Waals surface area contributed by atoms with Gasteiger partial charge in [0.1, 0.15) is 0 Å². The van der Waals surface area contributed by atoms with Crippen LogP contribution < -0.4 is 10.6 Å². The Labute approximate surface area is 139 Å². The van der Waals surface area contributed by atoms with Crippen LogP contribution in [-0.2, 0) is 5.54 Å². The van der Waals surface area contributed by atoms with Gasteiger partial charge in [-0.25, -0.2) is 0 Å². The van der Waals surface area contributed by atoms with Crippen LogP contribution in [0.3, 0.4) is 0 Å². The molecule has 0 saturated carbocycles. The zero-order valence-corrected chi connectivity index (χ0v) is 15.0. The third kappa shape index (κ3) is 3.98. The Morgan fingerprint density at radius 2 is 1.73 bits per heavy atom. The number of hydrogen-bond acceptors (Lipinski definition) is 3. The first kappa shape index (κ1) is 16.8. The second-order valence-corrected chi connectivity index (χ2v) is 7.19. The van der Waals surface area contributed by atoms with E-state index in [0.29, 0.717) is 0 Å². The standard InChI is InChI=1S/C19H26N2S/c1-13-8-6-9-16(12-13)21-19(4,5)17-10-7-11-18(14(17)2)20-15(3)22/h6-12,15,20-22H,1-5H3. The summed E-state index contributed by atoms with van der Waals surface area (Å²) in [5, 5.41) is 7.17. The molecule has 0 amide bonds. The largest absolute Gasteiger partial charge is 0.376 e. The van der Waals surface area contributed by atoms with Gasteiger partial charge in [-0.3, -0.25) is 0 Å². The molecule has 0 spiro atoms. The van der Waals surface area contributed by atoms with E-state index >= 15 is 0 Å². The minimum atomic E-state index is -0.157. The number of anilines is 2. The summed E-state index contributed by atoms with van der Waals surface area (Å²) in [6.07, 6.45) is 0. The minimum absolute atomic E-state index is 0.127. The molecule has 0 saturated heterocycles. The van der Waals surface area contributed by atoms with Crippen LogP contribution in [0.25, 0.3) is 0 Å². The Morgan fingerprint density at radius 3 is 2.36 bits per heavy atom. The summed E-state index contributed by atoms with van der Waals surface area (Å²) < 4.78 is 0. The average Bonchev–Trinajstić information content (AvgIpc) is 2.40. The Bertz CT molecular complexity index is 648. The molecule has 2 N–H and O–H groups in total. The summed E-state index contributed by atoms with van der Waals surface area (Å²) in [5.41, 5.74) is 5.93. The fourth-order valence-corrected chi connectivity index (χ4v) is 2.98. The Morgan fingerprint density at radius 1 is 1.05 bits per heavy atom. The first-order chi connectivity index (χ1) is 10.3. The van der Waals surface area contributed by atoms with E-state index in [1.54, 1.807) is 0 Å². The van der Waals surface area contributed by atoms with Crippen molar-refractivity contribution in [1.82, 2.24) is 0 Å². The number of hydrogen-bond donors (Lipinski definition) is 3. The van der Waals surface area contributed by atoms with Crippen molar-refractivity contribution in [3.8, 4) is 0 Å². The average molecular weight is 314 g/mol. The lowest BCUT2D eigenvalue weighted by Crippen LogP contribution is -2.29. The topological polar surface area (TPSA) is 24.1 Å². The number of nitrogens with one attached hydrogen (secondary N) is 2. The third-order valence-electron chi connectivity index (χ3n) is 3.85. The summed E-state index contributed by atoms with van der Waals surface area (Å²) in [4.78, 5) is 0. The SMILES string of the molecule is Cc1cccc(NC(C)(C)c2cccc(NC(C)S)c2C)c1. The molecule has 3 heteroatoms. The molecule has 1 atom stereocenters. The van der Waals surface area contributed by atoms with Crippen LogP contribution in [-0.4, -0.2) is 5.37 Å². The molecule has 0 bridgehead atoms. The summed E-state index contributed by atoms with van der Waals surface area (Å²) in [6.45, 7) is 10.7. The Balaban J connectivity index is 2.32. The van der Waals surface area contributed by atoms with Crippen molar-refractivity contribution in [1.29, 1.82) is 0 Å². The van der Waals surface area contributed by atoms with E-state index in [1.807, 2.05) is 6.92 Å². The summed E-state index contributed by atoms with van der Waals surface area (Å²) in [5.74, 6) is 0. The lowest BCUT2D eigenvalue weighted by atomic mass is 9.89. The van der Waals surface area contributed by atoms with Gasteiger partial charge in [0.25, 0.3) is 0 Å². The maximum absolute atomic E-state index is 4.43. The predicted octanol–water partition coefficient (Wildman–Crippen LogP) is 5.34. The van der Waals surface area contributed by atoms with E-state index < -0.39 is 0 Å². The van der Waals surface area contributed by atoms with Gasteiger partial charge >= 0.3 is 0 Å². The van der Waals surface area contributed by atoms with Crippen LogP contribution in [0, 0.1) is 13.8 Å². The van der Waals surface area contributed by atoms with Crippen molar-refractivity contribution in [3.05, 3.63) is 59.2 Å². The summed E-state index contributed by atoms with van der Waals surface area (Å²) in [6, 6.07) is 14.9. The van der Waals surface area contributed by atoms with Crippen LogP contribution >= 0.6 is 12.6 Å². The lowest BCUT2D eigenvalue weighted by Gasteiger charge is -2.31. The lowest BCUT2D eigenvalue weighted by molar-refractivity contribution is 0.605. The van der Waals surface area contributed by atoms with E-state index in [-0.39, 0.29) is 10.9 Å². The van der Waals surface area contributed by atoms with Gasteiger partial charge in [-0.05, 0) is 69.5 Å². The molecule has 2 nitrogen and oxygen atoms in total. The van der Waals surface area contributed by atoms with Gasteiger partial charge in [0.05, 0.1) is 10.9 Å². The highest BCUT2D eigenvalue weighted by molar-refractivity contribution is 7.81. The van der Waals surface area contributed by atoms with Gasteiger partial charge in [-0.1, -0.05) is 24.3 Å². The fourth-order valence-electron chi connectivity index (χ4n) is 2.85. The van der Waals surface area contributed by atoms with Gasteiger partial charge in [0, 0.05) is 11.4 Å². The van der Waals surface area contributed by atoms with E-state index in [4.69, 9.17) is 0 Å². The molecule has 0 fully saturated rings. The van der Waals surface area contributed by atoms with E-state index in [0.717, 1.165) is 11.4 Å². The van der Waals surface area contributed by atoms with Crippen molar-refractivity contribution < 1.29 is 0 Å². The zero-order chi connectivity index (χ0) is 16.3. The van der Waals surface area contributed by atoms with Gasteiger partial charge in [0.15, 0.2) is 0 Å². The number of benzene rings is 2. The third-order valence-corrected chi connectivity index (χ3v) is 3.98. The highest BCUT2D eigenvalue weighted by atomic mass is 32.1. The second kappa shape index (κ2) is 6.66.